The molecule has 7 heteroatoms. The number of likely N-dealkylation sites (tertiary alicyclic amines) is 1. The van der Waals surface area contributed by atoms with Crippen LogP contribution in [-0.2, 0) is 9.59 Å². The van der Waals surface area contributed by atoms with Gasteiger partial charge in [0.1, 0.15) is 0 Å². The molecule has 0 unspecified atom stereocenters. The molecular weight excluding hydrogens is 382 g/mol. The molecule has 0 aliphatic carbocycles. The first-order valence-electron chi connectivity index (χ1n) is 10.2. The fourth-order valence-corrected chi connectivity index (χ4v) is 3.49. The van der Waals surface area contributed by atoms with Crippen LogP contribution in [0.1, 0.15) is 34.9 Å². The predicted molar refractivity (Wildman–Crippen MR) is 112 cm³/mol. The van der Waals surface area contributed by atoms with Gasteiger partial charge in [-0.3, -0.25) is 14.4 Å². The van der Waals surface area contributed by atoms with Crippen molar-refractivity contribution >= 4 is 17.7 Å². The molecule has 2 aromatic carbocycles. The lowest BCUT2D eigenvalue weighted by atomic mass is 9.95. The first-order valence-corrected chi connectivity index (χ1v) is 10.2. The van der Waals surface area contributed by atoms with Gasteiger partial charge in [-0.1, -0.05) is 48.5 Å². The van der Waals surface area contributed by atoms with Gasteiger partial charge in [0, 0.05) is 31.1 Å². The number of rotatable bonds is 7. The zero-order chi connectivity index (χ0) is 21.3. The van der Waals surface area contributed by atoms with E-state index in [1.807, 2.05) is 36.4 Å². The Morgan fingerprint density at radius 2 is 1.53 bits per heavy atom. The van der Waals surface area contributed by atoms with Gasteiger partial charge in [0.25, 0.3) is 5.91 Å². The molecule has 3 N–H and O–H groups in total. The molecule has 1 aliphatic rings. The highest BCUT2D eigenvalue weighted by Gasteiger charge is 2.27. The molecule has 30 heavy (non-hydrogen) atoms. The summed E-state index contributed by atoms with van der Waals surface area (Å²) in [4.78, 5) is 38.5. The van der Waals surface area contributed by atoms with E-state index in [1.54, 1.807) is 29.2 Å². The Balaban J connectivity index is 1.38. The van der Waals surface area contributed by atoms with E-state index in [0.717, 1.165) is 5.56 Å². The largest absolute Gasteiger partial charge is 0.387 e. The first kappa shape index (κ1) is 21.5. The summed E-state index contributed by atoms with van der Waals surface area (Å²) >= 11 is 0. The van der Waals surface area contributed by atoms with Crippen molar-refractivity contribution in [3.8, 4) is 0 Å². The van der Waals surface area contributed by atoms with Crippen molar-refractivity contribution in [2.24, 2.45) is 5.92 Å². The van der Waals surface area contributed by atoms with Gasteiger partial charge in [0.2, 0.25) is 11.8 Å². The number of aliphatic hydroxyl groups excluding tert-OH is 1. The number of aliphatic hydroxyl groups is 1. The third kappa shape index (κ3) is 5.90. The van der Waals surface area contributed by atoms with E-state index in [4.69, 9.17) is 0 Å². The van der Waals surface area contributed by atoms with Crippen molar-refractivity contribution in [2.45, 2.75) is 18.9 Å². The highest BCUT2D eigenvalue weighted by atomic mass is 16.3. The Hall–Kier alpha value is -3.19. The molecule has 1 fully saturated rings. The molecule has 2 aromatic rings. The summed E-state index contributed by atoms with van der Waals surface area (Å²) in [5.74, 6) is -0.724. The molecule has 0 aromatic heterocycles. The molecule has 1 aliphatic heterocycles. The van der Waals surface area contributed by atoms with E-state index in [1.165, 1.54) is 0 Å². The average Bonchev–Trinajstić information content (AvgIpc) is 2.81. The van der Waals surface area contributed by atoms with Crippen LogP contribution in [0.25, 0.3) is 0 Å². The predicted octanol–water partition coefficient (Wildman–Crippen LogP) is 1.50. The smallest absolute Gasteiger partial charge is 0.251 e. The summed E-state index contributed by atoms with van der Waals surface area (Å²) < 4.78 is 0. The average molecular weight is 409 g/mol. The van der Waals surface area contributed by atoms with E-state index < -0.39 is 6.10 Å². The van der Waals surface area contributed by atoms with Gasteiger partial charge >= 0.3 is 0 Å². The number of carbonyl (C=O) groups is 3. The molecule has 3 rings (SSSR count). The number of carbonyl (C=O) groups excluding carboxylic acids is 3. The van der Waals surface area contributed by atoms with E-state index >= 15 is 0 Å². The fraction of sp³-hybridized carbons (Fsp3) is 0.348. The molecule has 0 spiro atoms. The quantitative estimate of drug-likeness (QED) is 0.645. The van der Waals surface area contributed by atoms with Crippen LogP contribution in [0, 0.1) is 5.92 Å². The Bertz CT molecular complexity index is 849. The highest BCUT2D eigenvalue weighted by Crippen LogP contribution is 2.18. The van der Waals surface area contributed by atoms with Crippen LogP contribution in [-0.4, -0.2) is 53.9 Å². The second-order valence-corrected chi connectivity index (χ2v) is 7.38. The molecule has 1 atom stereocenters. The molecule has 158 valence electrons. The van der Waals surface area contributed by atoms with Gasteiger partial charge in [-0.25, -0.2) is 0 Å². The Kier molecular flexibility index (Phi) is 7.57. The summed E-state index contributed by atoms with van der Waals surface area (Å²) in [6.07, 6.45) is 0.377. The standard InChI is InChI=1S/C23H27N3O4/c27-20(17-7-3-1-4-8-17)15-24-23(30)19-11-13-26(14-12-19)21(28)16-25-22(29)18-9-5-2-6-10-18/h1-10,19-20,27H,11-16H2,(H,24,30)(H,25,29)/t20-/m1/s1. The summed E-state index contributed by atoms with van der Waals surface area (Å²) in [5.41, 5.74) is 1.27. The lowest BCUT2D eigenvalue weighted by Gasteiger charge is -2.31. The van der Waals surface area contributed by atoms with Crippen molar-refractivity contribution in [1.82, 2.24) is 15.5 Å². The molecule has 0 bridgehead atoms. The van der Waals surface area contributed by atoms with Gasteiger partial charge in [0.05, 0.1) is 12.6 Å². The maximum Gasteiger partial charge on any atom is 0.251 e. The number of hydrogen-bond acceptors (Lipinski definition) is 4. The maximum absolute atomic E-state index is 12.4. The van der Waals surface area contributed by atoms with Crippen LogP contribution in [0.2, 0.25) is 0 Å². The van der Waals surface area contributed by atoms with Crippen LogP contribution >= 0.6 is 0 Å². The topological polar surface area (TPSA) is 98.7 Å². The number of benzene rings is 2. The number of amides is 3. The van der Waals surface area contributed by atoms with Crippen molar-refractivity contribution in [1.29, 1.82) is 0 Å². The number of piperidine rings is 1. The van der Waals surface area contributed by atoms with Gasteiger partial charge in [-0.15, -0.1) is 0 Å². The zero-order valence-electron chi connectivity index (χ0n) is 16.8. The van der Waals surface area contributed by atoms with E-state index in [0.29, 0.717) is 31.5 Å². The SMILES string of the molecule is O=C(NCC(=O)N1CCC(C(=O)NC[C@@H](O)c2ccccc2)CC1)c1ccccc1. The summed E-state index contributed by atoms with van der Waals surface area (Å²) in [7, 11) is 0. The maximum atomic E-state index is 12.4. The summed E-state index contributed by atoms with van der Waals surface area (Å²) in [5, 5.41) is 15.6. The number of nitrogens with zero attached hydrogens (tertiary/aromatic N) is 1. The lowest BCUT2D eigenvalue weighted by Crippen LogP contribution is -2.46. The van der Waals surface area contributed by atoms with Crippen LogP contribution < -0.4 is 10.6 Å². The number of nitrogens with one attached hydrogen (secondary N) is 2. The van der Waals surface area contributed by atoms with Crippen molar-refractivity contribution in [3.05, 3.63) is 71.8 Å². The highest BCUT2D eigenvalue weighted by molar-refractivity contribution is 5.96. The zero-order valence-corrected chi connectivity index (χ0v) is 16.8. The van der Waals surface area contributed by atoms with E-state index in [9.17, 15) is 19.5 Å². The van der Waals surface area contributed by atoms with Crippen LogP contribution in [0.5, 0.6) is 0 Å². The normalized spacial score (nSPS) is 15.3. The van der Waals surface area contributed by atoms with Crippen LogP contribution in [0.4, 0.5) is 0 Å². The monoisotopic (exact) mass is 409 g/mol. The van der Waals surface area contributed by atoms with Gasteiger partial charge in [-0.05, 0) is 30.5 Å². The summed E-state index contributed by atoms with van der Waals surface area (Å²) in [6.45, 7) is 1.04. The molecule has 0 radical (unpaired) electrons. The van der Waals surface area contributed by atoms with Crippen LogP contribution in [0.3, 0.4) is 0 Å². The minimum atomic E-state index is -0.745. The Morgan fingerprint density at radius 1 is 0.933 bits per heavy atom. The minimum absolute atomic E-state index is 0.0616. The van der Waals surface area contributed by atoms with Crippen molar-refractivity contribution in [3.63, 3.8) is 0 Å². The molecule has 0 saturated carbocycles. The molecule has 1 saturated heterocycles. The lowest BCUT2D eigenvalue weighted by molar-refractivity contribution is -0.134. The number of hydrogen-bond donors (Lipinski definition) is 3. The van der Waals surface area contributed by atoms with Crippen molar-refractivity contribution in [2.75, 3.05) is 26.2 Å². The second-order valence-electron chi connectivity index (χ2n) is 7.38. The van der Waals surface area contributed by atoms with Gasteiger partial charge in [-0.2, -0.15) is 0 Å². The van der Waals surface area contributed by atoms with Gasteiger partial charge < -0.3 is 20.6 Å². The fourth-order valence-electron chi connectivity index (χ4n) is 3.49. The third-order valence-electron chi connectivity index (χ3n) is 5.31. The molecule has 7 nitrogen and oxygen atoms in total. The molecule has 3 amide bonds. The summed E-state index contributed by atoms with van der Waals surface area (Å²) in [6, 6.07) is 17.9. The van der Waals surface area contributed by atoms with Crippen molar-refractivity contribution < 1.29 is 19.5 Å². The Labute approximate surface area is 176 Å². The van der Waals surface area contributed by atoms with Crippen LogP contribution in [0.15, 0.2) is 60.7 Å². The minimum Gasteiger partial charge on any atom is -0.387 e. The second kappa shape index (κ2) is 10.5. The molecule has 1 heterocycles. The van der Waals surface area contributed by atoms with E-state index in [-0.39, 0.29) is 36.7 Å². The molecular formula is C23H27N3O4. The first-order chi connectivity index (χ1) is 14.5. The Morgan fingerprint density at radius 3 is 2.17 bits per heavy atom. The van der Waals surface area contributed by atoms with E-state index in [2.05, 4.69) is 10.6 Å². The van der Waals surface area contributed by atoms with Gasteiger partial charge in [0.15, 0.2) is 0 Å². The third-order valence-corrected chi connectivity index (χ3v) is 5.31.